The molecule has 230 valence electrons. The summed E-state index contributed by atoms with van der Waals surface area (Å²) in [4.78, 5) is 30.1. The van der Waals surface area contributed by atoms with Crippen molar-refractivity contribution in [2.75, 3.05) is 17.1 Å². The molecule has 1 aliphatic rings. The Bertz CT molecular complexity index is 1680. The Hall–Kier alpha value is -4.17. The molecule has 1 fully saturated rings. The molecule has 7 nitrogen and oxygen atoms in total. The van der Waals surface area contributed by atoms with Gasteiger partial charge in [0.05, 0.1) is 11.9 Å². The molecule has 0 heterocycles. The normalized spacial score (nSPS) is 14.6. The largest absolute Gasteiger partial charge is 0.352 e. The fourth-order valence-electron chi connectivity index (χ4n) is 6.01. The zero-order chi connectivity index (χ0) is 31.1. The van der Waals surface area contributed by atoms with E-state index in [0.717, 1.165) is 65.8 Å². The van der Waals surface area contributed by atoms with E-state index in [0.29, 0.717) is 12.1 Å². The molecular weight excluding hydrogens is 570 g/mol. The van der Waals surface area contributed by atoms with Crippen molar-refractivity contribution in [3.8, 4) is 0 Å². The van der Waals surface area contributed by atoms with Crippen molar-refractivity contribution in [2.24, 2.45) is 0 Å². The molecule has 1 N–H and O–H groups in total. The van der Waals surface area contributed by atoms with E-state index in [1.165, 1.54) is 4.31 Å². The summed E-state index contributed by atoms with van der Waals surface area (Å²) in [6, 6.07) is 29.7. The molecule has 8 heteroatoms. The highest BCUT2D eigenvalue weighted by Gasteiger charge is 2.34. The van der Waals surface area contributed by atoms with Gasteiger partial charge in [-0.15, -0.1) is 0 Å². The van der Waals surface area contributed by atoms with E-state index in [-0.39, 0.29) is 18.5 Å². The lowest BCUT2D eigenvalue weighted by molar-refractivity contribution is -0.140. The Labute approximate surface area is 260 Å². The molecule has 0 spiro atoms. The standard InChI is InChI=1S/C36H41N3O4S/c1-27-20-22-29(23-21-27)25-38(34(24-28-12-5-3-6-13-28)36(41)37-31-16-7-4-8-17-31)35(40)26-39(44(2,42)43)33-19-11-15-30-14-9-10-18-32(30)33/h3,5-6,9-15,18-23,31,34H,4,7-8,16-17,24-26H2,1-2H3,(H,37,41). The molecule has 1 unspecified atom stereocenters. The van der Waals surface area contributed by atoms with E-state index in [4.69, 9.17) is 0 Å². The summed E-state index contributed by atoms with van der Waals surface area (Å²) in [6.07, 6.45) is 6.54. The molecule has 0 bridgehead atoms. The third kappa shape index (κ3) is 7.85. The van der Waals surface area contributed by atoms with Crippen LogP contribution in [-0.2, 0) is 32.6 Å². The molecule has 5 rings (SSSR count). The Kier molecular flexibility index (Phi) is 10.0. The van der Waals surface area contributed by atoms with Gasteiger partial charge in [0.25, 0.3) is 0 Å². The van der Waals surface area contributed by atoms with Crippen LogP contribution in [-0.4, -0.2) is 50.0 Å². The van der Waals surface area contributed by atoms with Gasteiger partial charge < -0.3 is 10.2 Å². The Balaban J connectivity index is 1.54. The molecule has 1 aliphatic carbocycles. The maximum Gasteiger partial charge on any atom is 0.244 e. The number of nitrogens with one attached hydrogen (secondary N) is 1. The second-order valence-electron chi connectivity index (χ2n) is 11.8. The smallest absolute Gasteiger partial charge is 0.244 e. The van der Waals surface area contributed by atoms with Gasteiger partial charge in [-0.1, -0.05) is 116 Å². The van der Waals surface area contributed by atoms with Crippen molar-refractivity contribution in [1.29, 1.82) is 0 Å². The minimum Gasteiger partial charge on any atom is -0.352 e. The number of hydrogen-bond acceptors (Lipinski definition) is 4. The molecule has 4 aromatic carbocycles. The van der Waals surface area contributed by atoms with Crippen LogP contribution < -0.4 is 9.62 Å². The van der Waals surface area contributed by atoms with Crippen molar-refractivity contribution in [3.05, 3.63) is 114 Å². The van der Waals surface area contributed by atoms with E-state index < -0.39 is 28.5 Å². The van der Waals surface area contributed by atoms with Crippen molar-refractivity contribution in [2.45, 2.75) is 64.1 Å². The van der Waals surface area contributed by atoms with Gasteiger partial charge >= 0.3 is 0 Å². The Morgan fingerprint density at radius 1 is 0.818 bits per heavy atom. The lowest BCUT2D eigenvalue weighted by Gasteiger charge is -2.35. The van der Waals surface area contributed by atoms with Crippen LogP contribution in [0.15, 0.2) is 97.1 Å². The van der Waals surface area contributed by atoms with E-state index in [1.807, 2.05) is 91.9 Å². The van der Waals surface area contributed by atoms with E-state index in [9.17, 15) is 18.0 Å². The zero-order valence-electron chi connectivity index (χ0n) is 25.5. The van der Waals surface area contributed by atoms with Crippen molar-refractivity contribution < 1.29 is 18.0 Å². The molecule has 0 saturated heterocycles. The van der Waals surface area contributed by atoms with Crippen molar-refractivity contribution in [1.82, 2.24) is 10.2 Å². The highest BCUT2D eigenvalue weighted by molar-refractivity contribution is 7.92. The number of carbonyl (C=O) groups is 2. The molecule has 2 amide bonds. The van der Waals surface area contributed by atoms with Crippen LogP contribution in [0.1, 0.15) is 48.8 Å². The predicted octanol–water partition coefficient (Wildman–Crippen LogP) is 6.00. The fraction of sp³-hybridized carbons (Fsp3) is 0.333. The molecular formula is C36H41N3O4S. The van der Waals surface area contributed by atoms with Gasteiger partial charge in [-0.25, -0.2) is 8.42 Å². The summed E-state index contributed by atoms with van der Waals surface area (Å²) in [5.41, 5.74) is 3.30. The zero-order valence-corrected chi connectivity index (χ0v) is 26.3. The molecule has 0 aromatic heterocycles. The molecule has 1 saturated carbocycles. The SMILES string of the molecule is Cc1ccc(CN(C(=O)CN(c2cccc3ccccc23)S(C)(=O)=O)C(Cc2ccccc2)C(=O)NC2CCCCC2)cc1. The Morgan fingerprint density at radius 2 is 1.48 bits per heavy atom. The van der Waals surface area contributed by atoms with E-state index >= 15 is 0 Å². The number of benzene rings is 4. The average Bonchev–Trinajstić information content (AvgIpc) is 3.02. The molecule has 1 atom stereocenters. The second-order valence-corrected chi connectivity index (χ2v) is 13.7. The third-order valence-corrected chi connectivity index (χ3v) is 9.54. The summed E-state index contributed by atoms with van der Waals surface area (Å²) in [5.74, 6) is -0.652. The van der Waals surface area contributed by atoms with E-state index in [2.05, 4.69) is 5.32 Å². The van der Waals surface area contributed by atoms with Crippen LogP contribution >= 0.6 is 0 Å². The van der Waals surface area contributed by atoms with Gasteiger partial charge in [-0.05, 0) is 42.3 Å². The number of hydrogen-bond donors (Lipinski definition) is 1. The number of amides is 2. The monoisotopic (exact) mass is 611 g/mol. The van der Waals surface area contributed by atoms with Crippen LogP contribution in [0.3, 0.4) is 0 Å². The predicted molar refractivity (Wildman–Crippen MR) is 177 cm³/mol. The van der Waals surface area contributed by atoms with Crippen LogP contribution in [0, 0.1) is 6.92 Å². The number of nitrogens with zero attached hydrogens (tertiary/aromatic N) is 2. The summed E-state index contributed by atoms with van der Waals surface area (Å²) >= 11 is 0. The van der Waals surface area contributed by atoms with Gasteiger partial charge in [-0.2, -0.15) is 0 Å². The first kappa shape index (κ1) is 31.3. The lowest BCUT2D eigenvalue weighted by Crippen LogP contribution is -2.55. The first-order valence-electron chi connectivity index (χ1n) is 15.3. The van der Waals surface area contributed by atoms with Gasteiger partial charge in [0.15, 0.2) is 0 Å². The van der Waals surface area contributed by atoms with Crippen molar-refractivity contribution in [3.63, 3.8) is 0 Å². The maximum atomic E-state index is 14.4. The van der Waals surface area contributed by atoms with E-state index in [1.54, 1.807) is 17.0 Å². The number of rotatable bonds is 11. The van der Waals surface area contributed by atoms with Gasteiger partial charge in [0.1, 0.15) is 12.6 Å². The maximum absolute atomic E-state index is 14.4. The summed E-state index contributed by atoms with van der Waals surface area (Å²) in [6.45, 7) is 1.74. The number of sulfonamides is 1. The fourth-order valence-corrected chi connectivity index (χ4v) is 6.87. The number of aryl methyl sites for hydroxylation is 1. The van der Waals surface area contributed by atoms with Gasteiger partial charge in [0.2, 0.25) is 21.8 Å². The van der Waals surface area contributed by atoms with Gasteiger partial charge in [-0.3, -0.25) is 13.9 Å². The van der Waals surface area contributed by atoms with Crippen molar-refractivity contribution >= 4 is 38.3 Å². The summed E-state index contributed by atoms with van der Waals surface area (Å²) in [7, 11) is -3.86. The first-order valence-corrected chi connectivity index (χ1v) is 17.2. The minimum atomic E-state index is -3.86. The number of anilines is 1. The quantitative estimate of drug-likeness (QED) is 0.225. The number of carbonyl (C=O) groups excluding carboxylic acids is 2. The third-order valence-electron chi connectivity index (χ3n) is 8.41. The molecule has 0 aliphatic heterocycles. The Morgan fingerprint density at radius 3 is 2.18 bits per heavy atom. The molecule has 44 heavy (non-hydrogen) atoms. The highest BCUT2D eigenvalue weighted by atomic mass is 32.2. The average molecular weight is 612 g/mol. The molecule has 4 aromatic rings. The minimum absolute atomic E-state index is 0.0639. The lowest BCUT2D eigenvalue weighted by atomic mass is 9.94. The highest BCUT2D eigenvalue weighted by Crippen LogP contribution is 2.29. The van der Waals surface area contributed by atoms with Crippen LogP contribution in [0.25, 0.3) is 10.8 Å². The first-order chi connectivity index (χ1) is 21.2. The van der Waals surface area contributed by atoms with Crippen LogP contribution in [0.5, 0.6) is 0 Å². The summed E-state index contributed by atoms with van der Waals surface area (Å²) < 4.78 is 27.7. The second kappa shape index (κ2) is 14.1. The van der Waals surface area contributed by atoms with Crippen LogP contribution in [0.2, 0.25) is 0 Å². The molecule has 0 radical (unpaired) electrons. The summed E-state index contributed by atoms with van der Waals surface area (Å²) in [5, 5.41) is 4.85. The topological polar surface area (TPSA) is 86.8 Å². The van der Waals surface area contributed by atoms with Crippen LogP contribution in [0.4, 0.5) is 5.69 Å². The number of fused-ring (bicyclic) bond motifs is 1. The van der Waals surface area contributed by atoms with Gasteiger partial charge in [0, 0.05) is 24.4 Å².